The molecule has 0 saturated heterocycles. The third-order valence-electron chi connectivity index (χ3n) is 10.8. The molecule has 7 aromatic carbocycles. The van der Waals surface area contributed by atoms with E-state index in [1.165, 1.54) is 38.9 Å². The van der Waals surface area contributed by atoms with Gasteiger partial charge in [-0.3, -0.25) is 0 Å². The highest BCUT2D eigenvalue weighted by Gasteiger charge is 2.36. The maximum Gasteiger partial charge on any atom is 0.119 e. The van der Waals surface area contributed by atoms with Crippen LogP contribution in [0.25, 0.3) is 23.3 Å². The molecule has 4 heteroatoms. The van der Waals surface area contributed by atoms with Gasteiger partial charge in [-0.25, -0.2) is 0 Å². The Hall–Kier alpha value is -6.52. The number of nitrogens with zero attached hydrogens (tertiary/aromatic N) is 2. The molecule has 0 unspecified atom stereocenters. The summed E-state index contributed by atoms with van der Waals surface area (Å²) < 4.78 is 10.9. The summed E-state index contributed by atoms with van der Waals surface area (Å²) in [5.41, 5.74) is 16.5. The third kappa shape index (κ3) is 7.00. The zero-order valence-corrected chi connectivity index (χ0v) is 32.4. The summed E-state index contributed by atoms with van der Waals surface area (Å²) in [5.74, 6) is 1.66. The van der Waals surface area contributed by atoms with Crippen LogP contribution in [0.1, 0.15) is 47.2 Å². The van der Waals surface area contributed by atoms with Crippen LogP contribution in [0, 0.1) is 13.8 Å². The fourth-order valence-corrected chi connectivity index (χ4v) is 7.66. The molecule has 0 spiro atoms. The highest BCUT2D eigenvalue weighted by atomic mass is 16.5. The summed E-state index contributed by atoms with van der Waals surface area (Å²) in [7, 11) is 3.39. The number of hydrogen-bond acceptors (Lipinski definition) is 4. The van der Waals surface area contributed by atoms with Crippen molar-refractivity contribution in [3.8, 4) is 22.6 Å². The first-order valence-corrected chi connectivity index (χ1v) is 18.8. The molecule has 7 aromatic rings. The molecule has 1 aliphatic carbocycles. The highest BCUT2D eigenvalue weighted by Crippen LogP contribution is 2.51. The second-order valence-corrected chi connectivity index (χ2v) is 14.8. The van der Waals surface area contributed by atoms with E-state index >= 15 is 0 Å². The molecule has 0 fully saturated rings. The van der Waals surface area contributed by atoms with Crippen molar-refractivity contribution in [3.63, 3.8) is 0 Å². The number of hydrogen-bond donors (Lipinski definition) is 0. The number of rotatable bonds is 10. The predicted octanol–water partition coefficient (Wildman–Crippen LogP) is 13.7. The van der Waals surface area contributed by atoms with Crippen molar-refractivity contribution in [2.45, 2.75) is 33.1 Å². The molecular weight excluding hydrogens is 673 g/mol. The molecule has 0 N–H and O–H groups in total. The SMILES string of the molecule is COc1ccc(N(c2ccc(OC)cc2)c2ccc3c(c2)C(C)(C)c2cc(C=Cc4ccc(N(c5ccc(C)cc5)c5ccc(C)cc5)cc4)ccc2-3)cc1. The smallest absolute Gasteiger partial charge is 0.119 e. The average Bonchev–Trinajstić information content (AvgIpc) is 3.44. The fraction of sp³-hybridized carbons (Fsp3) is 0.137. The Morgan fingerprint density at radius 3 is 1.22 bits per heavy atom. The summed E-state index contributed by atoms with van der Waals surface area (Å²) >= 11 is 0. The zero-order valence-electron chi connectivity index (χ0n) is 32.4. The van der Waals surface area contributed by atoms with Gasteiger partial charge in [0.2, 0.25) is 0 Å². The van der Waals surface area contributed by atoms with Gasteiger partial charge < -0.3 is 19.3 Å². The second-order valence-electron chi connectivity index (χ2n) is 14.8. The monoisotopic (exact) mass is 718 g/mol. The van der Waals surface area contributed by atoms with Gasteiger partial charge in [0.1, 0.15) is 11.5 Å². The van der Waals surface area contributed by atoms with E-state index in [0.717, 1.165) is 51.2 Å². The van der Waals surface area contributed by atoms with Gasteiger partial charge >= 0.3 is 0 Å². The molecule has 0 aromatic heterocycles. The van der Waals surface area contributed by atoms with Crippen LogP contribution in [-0.4, -0.2) is 14.2 Å². The first-order valence-electron chi connectivity index (χ1n) is 18.8. The van der Waals surface area contributed by atoms with Gasteiger partial charge in [-0.15, -0.1) is 0 Å². The summed E-state index contributed by atoms with van der Waals surface area (Å²) in [6.07, 6.45) is 4.44. The molecule has 4 nitrogen and oxygen atoms in total. The summed E-state index contributed by atoms with van der Waals surface area (Å²) in [6, 6.07) is 56.5. The molecule has 55 heavy (non-hydrogen) atoms. The number of aryl methyl sites for hydroxylation is 2. The van der Waals surface area contributed by atoms with E-state index in [1.807, 2.05) is 24.3 Å². The Labute approximate surface area is 325 Å². The number of methoxy groups -OCH3 is 2. The summed E-state index contributed by atoms with van der Waals surface area (Å²) in [6.45, 7) is 8.93. The van der Waals surface area contributed by atoms with Crippen LogP contribution in [0.2, 0.25) is 0 Å². The van der Waals surface area contributed by atoms with Gasteiger partial charge in [0, 0.05) is 39.5 Å². The molecule has 0 atom stereocenters. The Morgan fingerprint density at radius 1 is 0.400 bits per heavy atom. The maximum absolute atomic E-state index is 5.47. The highest BCUT2D eigenvalue weighted by molar-refractivity contribution is 5.87. The van der Waals surface area contributed by atoms with Crippen molar-refractivity contribution < 1.29 is 9.47 Å². The minimum Gasteiger partial charge on any atom is -0.497 e. The fourth-order valence-electron chi connectivity index (χ4n) is 7.66. The first-order chi connectivity index (χ1) is 26.7. The molecule has 1 aliphatic rings. The lowest BCUT2D eigenvalue weighted by molar-refractivity contribution is 0.415. The van der Waals surface area contributed by atoms with Gasteiger partial charge in [-0.05, 0) is 144 Å². The lowest BCUT2D eigenvalue weighted by Gasteiger charge is -2.28. The molecule has 8 rings (SSSR count). The van der Waals surface area contributed by atoms with Crippen LogP contribution in [0.5, 0.6) is 11.5 Å². The van der Waals surface area contributed by atoms with Crippen LogP contribution >= 0.6 is 0 Å². The summed E-state index contributed by atoms with van der Waals surface area (Å²) in [5, 5.41) is 0. The number of benzene rings is 7. The Balaban J connectivity index is 1.07. The molecule has 0 bridgehead atoms. The topological polar surface area (TPSA) is 24.9 Å². The molecular formula is C51H46N2O2. The molecule has 0 aliphatic heterocycles. The van der Waals surface area contributed by atoms with Crippen molar-refractivity contribution in [2.24, 2.45) is 0 Å². The van der Waals surface area contributed by atoms with Crippen LogP contribution < -0.4 is 19.3 Å². The number of anilines is 6. The largest absolute Gasteiger partial charge is 0.497 e. The lowest BCUT2D eigenvalue weighted by atomic mass is 9.81. The van der Waals surface area contributed by atoms with E-state index in [0.29, 0.717) is 0 Å². The standard InChI is InChI=1S/C51H46N2O2/c1-35-7-16-39(17-8-35)52(40-18-9-36(2)10-19-40)41-20-13-37(14-21-41)11-12-38-15-31-47-48-32-26-44(34-50(48)51(3,4)49(47)33-38)53(42-22-27-45(54-5)28-23-42)43-24-29-46(55-6)30-25-43/h7-34H,1-6H3. The Morgan fingerprint density at radius 2 is 0.745 bits per heavy atom. The zero-order chi connectivity index (χ0) is 38.1. The van der Waals surface area contributed by atoms with Crippen molar-refractivity contribution in [1.29, 1.82) is 0 Å². The normalized spacial score (nSPS) is 12.6. The van der Waals surface area contributed by atoms with Gasteiger partial charge in [0.15, 0.2) is 0 Å². The molecule has 272 valence electrons. The van der Waals surface area contributed by atoms with Gasteiger partial charge in [0.25, 0.3) is 0 Å². The van der Waals surface area contributed by atoms with Gasteiger partial charge in [0.05, 0.1) is 14.2 Å². The minimum absolute atomic E-state index is 0.187. The van der Waals surface area contributed by atoms with Crippen LogP contribution in [-0.2, 0) is 5.41 Å². The first kappa shape index (κ1) is 35.5. The average molecular weight is 719 g/mol. The van der Waals surface area contributed by atoms with Crippen LogP contribution in [0.15, 0.2) is 158 Å². The van der Waals surface area contributed by atoms with E-state index in [-0.39, 0.29) is 5.41 Å². The van der Waals surface area contributed by atoms with Crippen LogP contribution in [0.3, 0.4) is 0 Å². The van der Waals surface area contributed by atoms with Crippen LogP contribution in [0.4, 0.5) is 34.1 Å². The second kappa shape index (κ2) is 14.7. The Kier molecular flexibility index (Phi) is 9.50. The predicted molar refractivity (Wildman–Crippen MR) is 231 cm³/mol. The lowest BCUT2D eigenvalue weighted by Crippen LogP contribution is -2.16. The molecule has 0 radical (unpaired) electrons. The van der Waals surface area contributed by atoms with E-state index in [1.54, 1.807) is 14.2 Å². The van der Waals surface area contributed by atoms with Crippen molar-refractivity contribution in [1.82, 2.24) is 0 Å². The van der Waals surface area contributed by atoms with Gasteiger partial charge in [-0.1, -0.05) is 97.8 Å². The number of fused-ring (bicyclic) bond motifs is 3. The van der Waals surface area contributed by atoms with Crippen molar-refractivity contribution in [3.05, 3.63) is 191 Å². The third-order valence-corrected chi connectivity index (χ3v) is 10.8. The van der Waals surface area contributed by atoms with Crippen molar-refractivity contribution in [2.75, 3.05) is 24.0 Å². The number of ether oxygens (including phenoxy) is 2. The minimum atomic E-state index is -0.187. The molecule has 0 saturated carbocycles. The van der Waals surface area contributed by atoms with E-state index in [9.17, 15) is 0 Å². The Bertz CT molecular complexity index is 2370. The quantitative estimate of drug-likeness (QED) is 0.131. The summed E-state index contributed by atoms with van der Waals surface area (Å²) in [4.78, 5) is 4.60. The molecule has 0 heterocycles. The maximum atomic E-state index is 5.47. The van der Waals surface area contributed by atoms with E-state index < -0.39 is 0 Å². The van der Waals surface area contributed by atoms with Gasteiger partial charge in [-0.2, -0.15) is 0 Å². The molecule has 0 amide bonds. The van der Waals surface area contributed by atoms with E-state index in [4.69, 9.17) is 9.47 Å². The van der Waals surface area contributed by atoms with E-state index in [2.05, 4.69) is 183 Å². The van der Waals surface area contributed by atoms with Crippen molar-refractivity contribution >= 4 is 46.3 Å².